The van der Waals surface area contributed by atoms with E-state index in [0.29, 0.717) is 0 Å². The van der Waals surface area contributed by atoms with E-state index in [0.717, 1.165) is 26.3 Å². The third-order valence-electron chi connectivity index (χ3n) is 3.14. The molecule has 0 saturated carbocycles. The summed E-state index contributed by atoms with van der Waals surface area (Å²) in [6, 6.07) is 0. The monoisotopic (exact) mass is 156 g/mol. The second-order valence-corrected chi connectivity index (χ2v) is 4.36. The largest absolute Gasteiger partial charge is 0.380 e. The molecule has 0 aromatic rings. The fourth-order valence-corrected chi connectivity index (χ4v) is 2.25. The molecule has 11 heavy (non-hydrogen) atoms. The number of likely N-dealkylation sites (tertiary alicyclic amines) is 1. The van der Waals surface area contributed by atoms with Crippen molar-refractivity contribution < 1.29 is 4.74 Å². The van der Waals surface area contributed by atoms with Crippen LogP contribution in [0.15, 0.2) is 0 Å². The first-order valence-electron chi connectivity index (χ1n) is 4.11. The van der Waals surface area contributed by atoms with Gasteiger partial charge in [-0.15, -0.1) is 0 Å². The van der Waals surface area contributed by atoms with Crippen molar-refractivity contribution in [2.24, 2.45) is 11.1 Å². The second kappa shape index (κ2) is 1.97. The maximum atomic E-state index is 6.19. The first-order chi connectivity index (χ1) is 5.06. The Kier molecular flexibility index (Phi) is 1.35. The number of hydrogen-bond donors (Lipinski definition) is 1. The lowest BCUT2D eigenvalue weighted by molar-refractivity contribution is -0.130. The van der Waals surface area contributed by atoms with E-state index in [4.69, 9.17) is 10.5 Å². The van der Waals surface area contributed by atoms with Gasteiger partial charge in [-0.3, -0.25) is 0 Å². The number of hydrogen-bond acceptors (Lipinski definition) is 3. The zero-order valence-electron chi connectivity index (χ0n) is 7.26. The minimum Gasteiger partial charge on any atom is -0.380 e. The van der Waals surface area contributed by atoms with Crippen LogP contribution >= 0.6 is 0 Å². The second-order valence-electron chi connectivity index (χ2n) is 4.36. The molecular weight excluding hydrogens is 140 g/mol. The van der Waals surface area contributed by atoms with Gasteiger partial charge in [-0.05, 0) is 14.0 Å². The smallest absolute Gasteiger partial charge is 0.0575 e. The number of likely N-dealkylation sites (N-methyl/N-ethyl adjacent to an activating group) is 1. The molecule has 0 amide bonds. The van der Waals surface area contributed by atoms with Crippen LogP contribution in [0.3, 0.4) is 0 Å². The van der Waals surface area contributed by atoms with Crippen molar-refractivity contribution in [3.05, 3.63) is 0 Å². The van der Waals surface area contributed by atoms with E-state index in [1.165, 1.54) is 0 Å². The summed E-state index contributed by atoms with van der Waals surface area (Å²) in [4.78, 5) is 2.29. The van der Waals surface area contributed by atoms with Gasteiger partial charge in [0, 0.05) is 24.0 Å². The van der Waals surface area contributed by atoms with E-state index in [-0.39, 0.29) is 11.0 Å². The van der Waals surface area contributed by atoms with Gasteiger partial charge in [-0.2, -0.15) is 0 Å². The van der Waals surface area contributed by atoms with Gasteiger partial charge >= 0.3 is 0 Å². The van der Waals surface area contributed by atoms with Gasteiger partial charge in [-0.1, -0.05) is 0 Å². The van der Waals surface area contributed by atoms with Crippen molar-refractivity contribution >= 4 is 0 Å². The van der Waals surface area contributed by atoms with Gasteiger partial charge in [0.1, 0.15) is 0 Å². The molecule has 2 aliphatic rings. The lowest BCUT2D eigenvalue weighted by Gasteiger charge is -2.46. The van der Waals surface area contributed by atoms with Crippen LogP contribution in [0.4, 0.5) is 0 Å². The molecule has 0 bridgehead atoms. The van der Waals surface area contributed by atoms with Gasteiger partial charge in [0.15, 0.2) is 0 Å². The maximum Gasteiger partial charge on any atom is 0.0575 e. The molecule has 0 aliphatic carbocycles. The van der Waals surface area contributed by atoms with E-state index in [9.17, 15) is 0 Å². The molecule has 3 heteroatoms. The quantitative estimate of drug-likeness (QED) is 0.522. The van der Waals surface area contributed by atoms with Crippen molar-refractivity contribution in [3.63, 3.8) is 0 Å². The molecule has 1 atom stereocenters. The predicted octanol–water partition coefficient (Wildman–Crippen LogP) is -0.334. The van der Waals surface area contributed by atoms with Crippen molar-refractivity contribution in [3.8, 4) is 0 Å². The summed E-state index contributed by atoms with van der Waals surface area (Å²) in [5.74, 6) is 0. The Morgan fingerprint density at radius 1 is 1.36 bits per heavy atom. The summed E-state index contributed by atoms with van der Waals surface area (Å²) in [7, 11) is 2.12. The Labute approximate surface area is 67.5 Å². The first-order valence-corrected chi connectivity index (χ1v) is 4.11. The lowest BCUT2D eigenvalue weighted by atomic mass is 9.72. The molecule has 2 aliphatic heterocycles. The van der Waals surface area contributed by atoms with Crippen molar-refractivity contribution in [1.29, 1.82) is 0 Å². The third-order valence-corrected chi connectivity index (χ3v) is 3.14. The molecular formula is C8H16N2O. The Morgan fingerprint density at radius 3 is 2.18 bits per heavy atom. The summed E-state index contributed by atoms with van der Waals surface area (Å²) in [6.45, 7) is 5.93. The van der Waals surface area contributed by atoms with Crippen molar-refractivity contribution in [2.45, 2.75) is 12.5 Å². The normalized spacial score (nSPS) is 42.8. The highest BCUT2D eigenvalue weighted by molar-refractivity contribution is 5.11. The molecule has 3 nitrogen and oxygen atoms in total. The summed E-state index contributed by atoms with van der Waals surface area (Å²) in [5, 5.41) is 0. The van der Waals surface area contributed by atoms with Gasteiger partial charge in [0.2, 0.25) is 0 Å². The standard InChI is InChI=1S/C8H16N2O/c1-7(9)3-10(2)4-8(7)5-11-6-8/h3-6,9H2,1-2H3. The molecule has 2 fully saturated rings. The van der Waals surface area contributed by atoms with E-state index < -0.39 is 0 Å². The Hall–Kier alpha value is -0.120. The van der Waals surface area contributed by atoms with Gasteiger partial charge in [0.25, 0.3) is 0 Å². The van der Waals surface area contributed by atoms with Crippen LogP contribution in [-0.2, 0) is 4.74 Å². The molecule has 2 saturated heterocycles. The minimum absolute atomic E-state index is 0.0417. The molecule has 1 unspecified atom stereocenters. The Bertz CT molecular complexity index is 175. The van der Waals surface area contributed by atoms with Crippen LogP contribution in [0.5, 0.6) is 0 Å². The Morgan fingerprint density at radius 2 is 2.00 bits per heavy atom. The number of nitrogens with zero attached hydrogens (tertiary/aromatic N) is 1. The van der Waals surface area contributed by atoms with Gasteiger partial charge in [-0.25, -0.2) is 0 Å². The summed E-state index contributed by atoms with van der Waals surface area (Å²) < 4.78 is 5.24. The van der Waals surface area contributed by atoms with E-state index in [2.05, 4.69) is 18.9 Å². The summed E-state index contributed by atoms with van der Waals surface area (Å²) >= 11 is 0. The maximum absolute atomic E-state index is 6.19. The first kappa shape index (κ1) is 7.53. The zero-order chi connectivity index (χ0) is 8.11. The molecule has 0 radical (unpaired) electrons. The molecule has 2 heterocycles. The highest BCUT2D eigenvalue weighted by Gasteiger charge is 2.56. The SMILES string of the molecule is CN1CC(C)(N)C2(COC2)C1. The molecule has 2 N–H and O–H groups in total. The zero-order valence-corrected chi connectivity index (χ0v) is 7.26. The van der Waals surface area contributed by atoms with E-state index in [1.54, 1.807) is 0 Å². The molecule has 0 aromatic heterocycles. The minimum atomic E-state index is -0.0417. The number of rotatable bonds is 0. The fourth-order valence-electron chi connectivity index (χ4n) is 2.25. The third kappa shape index (κ3) is 0.849. The van der Waals surface area contributed by atoms with Gasteiger partial charge in [0.05, 0.1) is 13.2 Å². The highest BCUT2D eigenvalue weighted by Crippen LogP contribution is 2.42. The fraction of sp³-hybridized carbons (Fsp3) is 1.00. The summed E-state index contributed by atoms with van der Waals surface area (Å²) in [5.41, 5.74) is 6.41. The summed E-state index contributed by atoms with van der Waals surface area (Å²) in [6.07, 6.45) is 0. The lowest BCUT2D eigenvalue weighted by Crippen LogP contribution is -2.62. The predicted molar refractivity (Wildman–Crippen MR) is 43.3 cm³/mol. The van der Waals surface area contributed by atoms with Crippen molar-refractivity contribution in [2.75, 3.05) is 33.4 Å². The Balaban J connectivity index is 2.20. The van der Waals surface area contributed by atoms with Crippen LogP contribution in [-0.4, -0.2) is 43.8 Å². The van der Waals surface area contributed by atoms with Crippen LogP contribution in [0.1, 0.15) is 6.92 Å². The number of ether oxygens (including phenoxy) is 1. The van der Waals surface area contributed by atoms with Crippen LogP contribution in [0.25, 0.3) is 0 Å². The van der Waals surface area contributed by atoms with E-state index in [1.807, 2.05) is 0 Å². The molecule has 0 aromatic carbocycles. The number of nitrogens with two attached hydrogens (primary N) is 1. The van der Waals surface area contributed by atoms with Crippen LogP contribution in [0, 0.1) is 5.41 Å². The molecule has 1 spiro atoms. The van der Waals surface area contributed by atoms with E-state index >= 15 is 0 Å². The average Bonchev–Trinajstić information content (AvgIpc) is 1.98. The van der Waals surface area contributed by atoms with Crippen LogP contribution in [0.2, 0.25) is 0 Å². The molecule has 64 valence electrons. The topological polar surface area (TPSA) is 38.5 Å². The average molecular weight is 156 g/mol. The van der Waals surface area contributed by atoms with Crippen LogP contribution < -0.4 is 5.73 Å². The van der Waals surface area contributed by atoms with Crippen molar-refractivity contribution in [1.82, 2.24) is 4.90 Å². The van der Waals surface area contributed by atoms with Gasteiger partial charge < -0.3 is 15.4 Å². The highest BCUT2D eigenvalue weighted by atomic mass is 16.5. The molecule has 2 rings (SSSR count).